The molecule has 33 heavy (non-hydrogen) atoms. The zero-order chi connectivity index (χ0) is 22.8. The molecule has 0 saturated carbocycles. The summed E-state index contributed by atoms with van der Waals surface area (Å²) in [6.07, 6.45) is 6.35. The number of fused-ring (bicyclic) bond motifs is 1. The molecule has 162 valence electrons. The van der Waals surface area contributed by atoms with Crippen LogP contribution in [0.5, 0.6) is 0 Å². The number of methoxy groups -OCH3 is 1. The fraction of sp³-hybridized carbons (Fsp3) is 0.0417. The van der Waals surface area contributed by atoms with Crippen LogP contribution in [-0.4, -0.2) is 37.8 Å². The molecule has 4 aromatic heterocycles. The number of amides is 1. The van der Waals surface area contributed by atoms with Gasteiger partial charge in [0.05, 0.1) is 25.2 Å². The Labute approximate surface area is 187 Å². The van der Waals surface area contributed by atoms with Crippen molar-refractivity contribution in [2.24, 2.45) is 0 Å². The summed E-state index contributed by atoms with van der Waals surface area (Å²) in [5.41, 5.74) is 5.55. The summed E-state index contributed by atoms with van der Waals surface area (Å²) < 4.78 is 19.9. The SMILES string of the molecule is COC(=O)Nc1ccc(-c2cnc3ccc(-c4nnccc4-c4ccc(F)cc4)cn23)cn1. The van der Waals surface area contributed by atoms with Crippen LogP contribution < -0.4 is 5.32 Å². The predicted octanol–water partition coefficient (Wildman–Crippen LogP) is 4.84. The quantitative estimate of drug-likeness (QED) is 0.430. The topological polar surface area (TPSA) is 94.3 Å². The van der Waals surface area contributed by atoms with Gasteiger partial charge < -0.3 is 4.74 Å². The van der Waals surface area contributed by atoms with Crippen LogP contribution in [0.2, 0.25) is 0 Å². The first-order chi connectivity index (χ1) is 16.1. The Morgan fingerprint density at radius 3 is 2.48 bits per heavy atom. The number of hydrogen-bond donors (Lipinski definition) is 1. The van der Waals surface area contributed by atoms with E-state index in [1.807, 2.05) is 34.9 Å². The van der Waals surface area contributed by atoms with Gasteiger partial charge in [-0.3, -0.25) is 9.72 Å². The van der Waals surface area contributed by atoms with Crippen LogP contribution in [0, 0.1) is 5.82 Å². The summed E-state index contributed by atoms with van der Waals surface area (Å²) >= 11 is 0. The zero-order valence-electron chi connectivity index (χ0n) is 17.4. The number of imidazole rings is 1. The molecular weight excluding hydrogens is 423 g/mol. The minimum absolute atomic E-state index is 0.298. The van der Waals surface area contributed by atoms with Crippen LogP contribution in [0.15, 0.2) is 79.4 Å². The third kappa shape index (κ3) is 3.99. The van der Waals surface area contributed by atoms with Gasteiger partial charge in [-0.2, -0.15) is 5.10 Å². The van der Waals surface area contributed by atoms with Crippen molar-refractivity contribution in [3.63, 3.8) is 0 Å². The second-order valence-electron chi connectivity index (χ2n) is 7.14. The van der Waals surface area contributed by atoms with Crippen molar-refractivity contribution >= 4 is 17.6 Å². The highest BCUT2D eigenvalue weighted by Gasteiger charge is 2.13. The molecule has 0 aliphatic heterocycles. The van der Waals surface area contributed by atoms with Crippen molar-refractivity contribution < 1.29 is 13.9 Å². The Hall–Kier alpha value is -4.66. The van der Waals surface area contributed by atoms with Gasteiger partial charge in [-0.05, 0) is 48.0 Å². The Balaban J connectivity index is 1.55. The number of anilines is 1. The smallest absolute Gasteiger partial charge is 0.412 e. The number of nitrogens with one attached hydrogen (secondary N) is 1. The van der Waals surface area contributed by atoms with Gasteiger partial charge in [-0.1, -0.05) is 12.1 Å². The minimum atomic E-state index is -0.587. The highest BCUT2D eigenvalue weighted by Crippen LogP contribution is 2.31. The van der Waals surface area contributed by atoms with Crippen LogP contribution in [-0.2, 0) is 4.74 Å². The molecule has 0 spiro atoms. The lowest BCUT2D eigenvalue weighted by Crippen LogP contribution is -2.11. The van der Waals surface area contributed by atoms with Gasteiger partial charge in [-0.25, -0.2) is 19.2 Å². The summed E-state index contributed by atoms with van der Waals surface area (Å²) in [7, 11) is 1.29. The zero-order valence-corrected chi connectivity index (χ0v) is 17.4. The summed E-state index contributed by atoms with van der Waals surface area (Å²) in [5.74, 6) is 0.0804. The number of hydrogen-bond acceptors (Lipinski definition) is 6. The number of pyridine rings is 2. The molecular formula is C24H17FN6O2. The van der Waals surface area contributed by atoms with Crippen LogP contribution in [0.4, 0.5) is 15.0 Å². The van der Waals surface area contributed by atoms with E-state index < -0.39 is 6.09 Å². The molecule has 5 aromatic rings. The number of carbonyl (C=O) groups excluding carboxylic acids is 1. The molecule has 0 atom stereocenters. The van der Waals surface area contributed by atoms with Gasteiger partial charge in [0.2, 0.25) is 0 Å². The van der Waals surface area contributed by atoms with E-state index in [1.165, 1.54) is 19.2 Å². The lowest BCUT2D eigenvalue weighted by molar-refractivity contribution is 0.187. The van der Waals surface area contributed by atoms with Crippen LogP contribution in [0.3, 0.4) is 0 Å². The fourth-order valence-electron chi connectivity index (χ4n) is 3.52. The summed E-state index contributed by atoms with van der Waals surface area (Å²) in [6.45, 7) is 0. The third-order valence-electron chi connectivity index (χ3n) is 5.13. The number of ether oxygens (including phenoxy) is 1. The van der Waals surface area contributed by atoms with Crippen molar-refractivity contribution in [1.82, 2.24) is 24.6 Å². The minimum Gasteiger partial charge on any atom is -0.453 e. The summed E-state index contributed by atoms with van der Waals surface area (Å²) in [6, 6.07) is 15.5. The highest BCUT2D eigenvalue weighted by atomic mass is 19.1. The molecule has 9 heteroatoms. The van der Waals surface area contributed by atoms with E-state index in [9.17, 15) is 9.18 Å². The molecule has 0 saturated heterocycles. The summed E-state index contributed by atoms with van der Waals surface area (Å²) in [4.78, 5) is 20.1. The number of benzene rings is 1. The monoisotopic (exact) mass is 440 g/mol. The first-order valence-corrected chi connectivity index (χ1v) is 9.99. The maximum Gasteiger partial charge on any atom is 0.412 e. The van der Waals surface area contributed by atoms with Gasteiger partial charge in [-0.15, -0.1) is 5.10 Å². The first kappa shape index (κ1) is 20.3. The standard InChI is InChI=1S/C24H17FN6O2/c1-33-24(32)29-21-8-4-16(12-26-21)20-13-27-22-9-5-17(14-31(20)22)23-19(10-11-28-30-23)15-2-6-18(25)7-3-15/h2-14H,1H3,(H,26,29,32). The summed E-state index contributed by atoms with van der Waals surface area (Å²) in [5, 5.41) is 10.9. The Bertz CT molecular complexity index is 1450. The lowest BCUT2D eigenvalue weighted by atomic mass is 10.0. The van der Waals surface area contributed by atoms with Gasteiger partial charge >= 0.3 is 6.09 Å². The Morgan fingerprint density at radius 1 is 0.939 bits per heavy atom. The maximum atomic E-state index is 13.4. The number of carbonyl (C=O) groups is 1. The van der Waals surface area contributed by atoms with Crippen molar-refractivity contribution in [2.45, 2.75) is 0 Å². The second kappa shape index (κ2) is 8.46. The van der Waals surface area contributed by atoms with E-state index in [-0.39, 0.29) is 5.82 Å². The number of aromatic nitrogens is 5. The predicted molar refractivity (Wildman–Crippen MR) is 121 cm³/mol. The molecule has 0 bridgehead atoms. The molecule has 0 fully saturated rings. The molecule has 0 unspecified atom stereocenters. The van der Waals surface area contributed by atoms with Gasteiger partial charge in [0.1, 0.15) is 23.0 Å². The molecule has 0 radical (unpaired) electrons. The fourth-order valence-corrected chi connectivity index (χ4v) is 3.52. The maximum absolute atomic E-state index is 13.4. The Kier molecular flexibility index (Phi) is 5.19. The third-order valence-corrected chi connectivity index (χ3v) is 5.13. The van der Waals surface area contributed by atoms with E-state index in [0.29, 0.717) is 11.5 Å². The average Bonchev–Trinajstić information content (AvgIpc) is 3.28. The van der Waals surface area contributed by atoms with E-state index in [1.54, 1.807) is 36.8 Å². The molecule has 1 aromatic carbocycles. The van der Waals surface area contributed by atoms with Crippen molar-refractivity contribution in [3.8, 4) is 33.6 Å². The van der Waals surface area contributed by atoms with Crippen molar-refractivity contribution in [3.05, 3.63) is 85.2 Å². The molecule has 1 N–H and O–H groups in total. The van der Waals surface area contributed by atoms with E-state index in [4.69, 9.17) is 0 Å². The number of nitrogens with zero attached hydrogens (tertiary/aromatic N) is 5. The van der Waals surface area contributed by atoms with Crippen LogP contribution >= 0.6 is 0 Å². The van der Waals surface area contributed by atoms with Crippen LogP contribution in [0.25, 0.3) is 39.3 Å². The molecule has 4 heterocycles. The molecule has 0 aliphatic carbocycles. The first-order valence-electron chi connectivity index (χ1n) is 9.99. The molecule has 1 amide bonds. The molecule has 8 nitrogen and oxygen atoms in total. The largest absolute Gasteiger partial charge is 0.453 e. The number of rotatable bonds is 4. The van der Waals surface area contributed by atoms with E-state index in [0.717, 1.165) is 33.6 Å². The van der Waals surface area contributed by atoms with E-state index >= 15 is 0 Å². The lowest BCUT2D eigenvalue weighted by Gasteiger charge is -2.10. The van der Waals surface area contributed by atoms with Gasteiger partial charge in [0.15, 0.2) is 0 Å². The average molecular weight is 440 g/mol. The Morgan fingerprint density at radius 2 is 1.73 bits per heavy atom. The second-order valence-corrected chi connectivity index (χ2v) is 7.14. The van der Waals surface area contributed by atoms with Gasteiger partial charge in [0.25, 0.3) is 0 Å². The van der Waals surface area contributed by atoms with Crippen molar-refractivity contribution in [2.75, 3.05) is 12.4 Å². The van der Waals surface area contributed by atoms with Crippen molar-refractivity contribution in [1.29, 1.82) is 0 Å². The van der Waals surface area contributed by atoms with Gasteiger partial charge in [0, 0.05) is 29.1 Å². The molecule has 0 aliphatic rings. The molecule has 5 rings (SSSR count). The number of halogens is 1. The van der Waals surface area contributed by atoms with Crippen LogP contribution in [0.1, 0.15) is 0 Å². The highest BCUT2D eigenvalue weighted by molar-refractivity contribution is 5.83. The van der Waals surface area contributed by atoms with E-state index in [2.05, 4.69) is 30.2 Å². The normalized spacial score (nSPS) is 10.8.